The number of hydrogen-bond acceptors (Lipinski definition) is 2. The Morgan fingerprint density at radius 1 is 1.00 bits per heavy atom. The summed E-state index contributed by atoms with van der Waals surface area (Å²) in [5.41, 5.74) is 0. The van der Waals surface area contributed by atoms with Gasteiger partial charge in [0.2, 0.25) is 0 Å². The van der Waals surface area contributed by atoms with Crippen molar-refractivity contribution in [3.63, 3.8) is 0 Å². The van der Waals surface area contributed by atoms with Gasteiger partial charge in [0.05, 0.1) is 0 Å². The van der Waals surface area contributed by atoms with Gasteiger partial charge in [-0.15, -0.1) is 0 Å². The zero-order valence-electron chi connectivity index (χ0n) is 1.47. The second-order valence-electron chi connectivity index (χ2n) is 0. The van der Waals surface area contributed by atoms with Gasteiger partial charge in [-0.3, -0.25) is 0 Å². The minimum absolute atomic E-state index is 0. The van der Waals surface area contributed by atoms with Crippen LogP contribution in [0.15, 0.2) is 0 Å². The molecule has 0 aromatic carbocycles. The van der Waals surface area contributed by atoms with Crippen LogP contribution < -0.4 is 0 Å². The summed E-state index contributed by atoms with van der Waals surface area (Å²) in [6, 6.07) is 0. The molecule has 0 amide bonds. The number of hydrogen-bond donors (Lipinski definition) is 0. The number of rotatable bonds is 0. The molecule has 0 aromatic rings. The van der Waals surface area contributed by atoms with Crippen LogP contribution in [0.25, 0.3) is 0 Å². The molecule has 0 saturated heterocycles. The third-order valence-corrected chi connectivity index (χ3v) is 0. The van der Waals surface area contributed by atoms with E-state index in [1.54, 1.807) is 0 Å². The van der Waals surface area contributed by atoms with E-state index in [0.717, 1.165) is 0 Å². The summed E-state index contributed by atoms with van der Waals surface area (Å²) in [7, 11) is 0. The molecule has 2 nitrogen and oxygen atoms in total. The first-order chi connectivity index (χ1) is 2.00. The van der Waals surface area contributed by atoms with Crippen LogP contribution >= 0.6 is 0 Å². The summed E-state index contributed by atoms with van der Waals surface area (Å²) < 4.78 is 15.8. The molecule has 0 unspecified atom stereocenters. The molecule has 6 heteroatoms. The quantitative estimate of drug-likeness (QED) is 0.441. The van der Waals surface area contributed by atoms with Gasteiger partial charge in [-0.25, -0.2) is 0 Å². The zero-order valence-corrected chi connectivity index (χ0v) is 3.49. The Morgan fingerprint density at radius 3 is 1.00 bits per heavy atom. The predicted octanol–water partition coefficient (Wildman–Crippen LogP) is -1.54. The van der Waals surface area contributed by atoms with Crippen molar-refractivity contribution in [1.29, 1.82) is 0 Å². The maximum atomic E-state index is 7.94. The first kappa shape index (κ1) is 23.5. The average molecular weight is 198 g/mol. The van der Waals surface area contributed by atoms with Gasteiger partial charge in [0.15, 0.2) is 0 Å². The van der Waals surface area contributed by atoms with E-state index in [9.17, 15) is 0 Å². The van der Waals surface area contributed by atoms with Gasteiger partial charge in [0, 0.05) is 0 Å². The molecule has 0 atom stereocenters. The van der Waals surface area contributed by atoms with E-state index in [0.29, 0.717) is 0 Å². The molecule has 35 valence electrons. The SMILES string of the molecule is [NaH].[NaH].[O]=[Co].[O]=[Ni]. The molecule has 0 rings (SSSR count). The van der Waals surface area contributed by atoms with Crippen LogP contribution in [-0.4, -0.2) is 59.1 Å². The van der Waals surface area contributed by atoms with Crippen LogP contribution in [0.4, 0.5) is 0 Å². The second kappa shape index (κ2) is 49.0. The normalized spacial score (nSPS) is 1.83. The molecule has 6 heavy (non-hydrogen) atoms. The summed E-state index contributed by atoms with van der Waals surface area (Å²) >= 11 is 4.94. The monoisotopic (exact) mass is 197 g/mol. The molecule has 0 aromatic heterocycles. The molecule has 0 bridgehead atoms. The minimum atomic E-state index is 0. The molecule has 0 spiro atoms. The van der Waals surface area contributed by atoms with E-state index in [-0.39, 0.29) is 59.1 Å². The van der Waals surface area contributed by atoms with Gasteiger partial charge >= 0.3 is 97.9 Å². The van der Waals surface area contributed by atoms with Gasteiger partial charge in [0.1, 0.15) is 0 Å². The summed E-state index contributed by atoms with van der Waals surface area (Å²) in [5, 5.41) is 0. The summed E-state index contributed by atoms with van der Waals surface area (Å²) in [4.78, 5) is 0. The van der Waals surface area contributed by atoms with Gasteiger partial charge < -0.3 is 0 Å². The molecule has 0 saturated carbocycles. The fraction of sp³-hybridized carbons (Fsp3) is 0. The van der Waals surface area contributed by atoms with E-state index in [1.165, 1.54) is 0 Å². The van der Waals surface area contributed by atoms with Crippen LogP contribution in [0.1, 0.15) is 0 Å². The second-order valence-corrected chi connectivity index (χ2v) is 0. The molecular weight excluding hydrogens is 196 g/mol. The van der Waals surface area contributed by atoms with Crippen molar-refractivity contribution in [2.75, 3.05) is 0 Å². The first-order valence-electron chi connectivity index (χ1n) is 0.265. The Hall–Kier alpha value is 2.60. The van der Waals surface area contributed by atoms with Crippen LogP contribution in [-0.2, 0) is 38.8 Å². The van der Waals surface area contributed by atoms with E-state index < -0.39 is 0 Å². The predicted molar refractivity (Wildman–Crippen MR) is 15.7 cm³/mol. The molecule has 0 radical (unpaired) electrons. The summed E-state index contributed by atoms with van der Waals surface area (Å²) in [6.07, 6.45) is 0. The van der Waals surface area contributed by atoms with Crippen LogP contribution in [0.5, 0.6) is 0 Å². The van der Waals surface area contributed by atoms with E-state index >= 15 is 0 Å². The van der Waals surface area contributed by atoms with Crippen LogP contribution in [0.2, 0.25) is 0 Å². The summed E-state index contributed by atoms with van der Waals surface area (Å²) in [6.45, 7) is 0. The van der Waals surface area contributed by atoms with Crippen molar-refractivity contribution in [2.45, 2.75) is 0 Å². The van der Waals surface area contributed by atoms with Gasteiger partial charge in [-0.05, 0) is 0 Å². The van der Waals surface area contributed by atoms with E-state index in [1.807, 2.05) is 0 Å². The average Bonchev–Trinajstić information content (AvgIpc) is 1.50. The Kier molecular flexibility index (Phi) is 192. The van der Waals surface area contributed by atoms with Crippen molar-refractivity contribution in [3.8, 4) is 0 Å². The van der Waals surface area contributed by atoms with E-state index in [2.05, 4.69) is 31.1 Å². The Morgan fingerprint density at radius 2 is 1.00 bits per heavy atom. The Balaban J connectivity index is -0.00000000500. The molecule has 0 N–H and O–H groups in total. The van der Waals surface area contributed by atoms with Crippen LogP contribution in [0, 0.1) is 0 Å². The van der Waals surface area contributed by atoms with Crippen LogP contribution in [0.3, 0.4) is 0 Å². The van der Waals surface area contributed by atoms with Gasteiger partial charge in [0.25, 0.3) is 0 Å². The van der Waals surface area contributed by atoms with Gasteiger partial charge in [-0.2, -0.15) is 0 Å². The first-order valence-corrected chi connectivity index (χ1v) is 1.09. The molecule has 0 aliphatic carbocycles. The standard InChI is InChI=1S/Co.2Na.Ni.2O.2H. The fourth-order valence-electron chi connectivity index (χ4n) is 0. The fourth-order valence-corrected chi connectivity index (χ4v) is 0. The molecule has 0 heterocycles. The third-order valence-electron chi connectivity index (χ3n) is 0. The topological polar surface area (TPSA) is 34.1 Å². The molecule has 0 fully saturated rings. The van der Waals surface area contributed by atoms with Gasteiger partial charge in [-0.1, -0.05) is 0 Å². The Bertz CT molecular complexity index is 13.5. The van der Waals surface area contributed by atoms with Crippen molar-refractivity contribution < 1.29 is 38.8 Å². The van der Waals surface area contributed by atoms with Crippen molar-refractivity contribution in [3.05, 3.63) is 0 Å². The summed E-state index contributed by atoms with van der Waals surface area (Å²) in [5.74, 6) is 0. The van der Waals surface area contributed by atoms with Crippen molar-refractivity contribution in [1.82, 2.24) is 0 Å². The molecule has 0 aliphatic rings. The van der Waals surface area contributed by atoms with E-state index in [4.69, 9.17) is 7.76 Å². The maximum absolute atomic E-state index is 7.94. The van der Waals surface area contributed by atoms with Crippen molar-refractivity contribution >= 4 is 59.1 Å². The zero-order chi connectivity index (χ0) is 4.00. The Labute approximate surface area is 96.1 Å². The molecule has 0 aliphatic heterocycles. The third kappa shape index (κ3) is 30.6. The van der Waals surface area contributed by atoms with Crippen molar-refractivity contribution in [2.24, 2.45) is 0 Å². The molecular formula is H2CoNa2NiO2.